The Labute approximate surface area is 325 Å². The standard InChI is InChI=1S/C52H34N4/c1-5-16-35(17-6-1)39-24-13-26-42(32-39)51-54-50(38-22-11-4-12-23-38)55-52(56-51)43-27-14-25-40(33-43)41-30-31-45-47(34-41)53-49(37-20-9-3-10-21-37)46-29-15-28-44(48(45)46)36-18-7-2-8-19-36/h1-34H. The number of hydrogen-bond donors (Lipinski definition) is 0. The second-order valence-corrected chi connectivity index (χ2v) is 13.9. The summed E-state index contributed by atoms with van der Waals surface area (Å²) in [4.78, 5) is 20.5. The number of benzene rings is 8. The lowest BCUT2D eigenvalue weighted by molar-refractivity contribution is 1.07. The van der Waals surface area contributed by atoms with E-state index < -0.39 is 0 Å². The summed E-state index contributed by atoms with van der Waals surface area (Å²) in [5.74, 6) is 1.87. The summed E-state index contributed by atoms with van der Waals surface area (Å²) in [6.45, 7) is 0. The van der Waals surface area contributed by atoms with Crippen LogP contribution in [0.1, 0.15) is 0 Å². The molecule has 0 saturated heterocycles. The fraction of sp³-hybridized carbons (Fsp3) is 0. The molecule has 0 aliphatic rings. The van der Waals surface area contributed by atoms with Crippen molar-refractivity contribution in [1.82, 2.24) is 19.9 Å². The third-order valence-corrected chi connectivity index (χ3v) is 10.3. The molecule has 10 rings (SSSR count). The van der Waals surface area contributed by atoms with Crippen LogP contribution in [0.3, 0.4) is 0 Å². The van der Waals surface area contributed by atoms with Gasteiger partial charge in [-0.05, 0) is 51.6 Å². The van der Waals surface area contributed by atoms with E-state index in [1.54, 1.807) is 0 Å². The summed E-state index contributed by atoms with van der Waals surface area (Å²) in [5, 5.41) is 3.45. The molecule has 0 aliphatic carbocycles. The second kappa shape index (κ2) is 14.3. The summed E-state index contributed by atoms with van der Waals surface area (Å²) >= 11 is 0. The van der Waals surface area contributed by atoms with E-state index in [4.69, 9.17) is 19.9 Å². The first-order chi connectivity index (χ1) is 27.7. The van der Waals surface area contributed by atoms with Crippen molar-refractivity contribution in [2.45, 2.75) is 0 Å². The Morgan fingerprint density at radius 3 is 1.30 bits per heavy atom. The van der Waals surface area contributed by atoms with Gasteiger partial charge in [0, 0.05) is 38.4 Å². The average Bonchev–Trinajstić information content (AvgIpc) is 3.29. The van der Waals surface area contributed by atoms with Crippen LogP contribution in [0.25, 0.3) is 100 Å². The molecule has 0 amide bonds. The Bertz CT molecular complexity index is 3000. The summed E-state index contributed by atoms with van der Waals surface area (Å²) < 4.78 is 0. The minimum Gasteiger partial charge on any atom is -0.247 e. The molecule has 0 N–H and O–H groups in total. The molecule has 0 aliphatic heterocycles. The molecule has 0 radical (unpaired) electrons. The summed E-state index contributed by atoms with van der Waals surface area (Å²) in [5.41, 5.74) is 12.5. The third kappa shape index (κ3) is 6.29. The van der Waals surface area contributed by atoms with E-state index in [0.29, 0.717) is 17.5 Å². The normalized spacial score (nSPS) is 11.2. The van der Waals surface area contributed by atoms with Gasteiger partial charge in [-0.25, -0.2) is 19.9 Å². The molecular formula is C52H34N4. The van der Waals surface area contributed by atoms with Gasteiger partial charge in [-0.1, -0.05) is 188 Å². The highest BCUT2D eigenvalue weighted by Gasteiger charge is 2.17. The van der Waals surface area contributed by atoms with Crippen LogP contribution in [-0.2, 0) is 0 Å². The molecule has 56 heavy (non-hydrogen) atoms. The maximum atomic E-state index is 5.36. The van der Waals surface area contributed by atoms with Gasteiger partial charge < -0.3 is 0 Å². The molecule has 10 aromatic rings. The van der Waals surface area contributed by atoms with Crippen LogP contribution in [0, 0.1) is 0 Å². The molecule has 0 unspecified atom stereocenters. The van der Waals surface area contributed by atoms with Gasteiger partial charge in [-0.15, -0.1) is 0 Å². The Kier molecular flexibility index (Phi) is 8.47. The lowest BCUT2D eigenvalue weighted by Crippen LogP contribution is -2.00. The van der Waals surface area contributed by atoms with Crippen LogP contribution in [0.15, 0.2) is 206 Å². The highest BCUT2D eigenvalue weighted by molar-refractivity contribution is 6.17. The lowest BCUT2D eigenvalue weighted by Gasteiger charge is -2.15. The second-order valence-electron chi connectivity index (χ2n) is 13.9. The van der Waals surface area contributed by atoms with Crippen molar-refractivity contribution in [3.63, 3.8) is 0 Å². The number of aromatic nitrogens is 4. The maximum absolute atomic E-state index is 5.36. The average molecular weight is 715 g/mol. The predicted octanol–water partition coefficient (Wildman–Crippen LogP) is 13.2. The van der Waals surface area contributed by atoms with Gasteiger partial charge in [0.15, 0.2) is 17.5 Å². The fourth-order valence-corrected chi connectivity index (χ4v) is 7.57. The Balaban J connectivity index is 1.12. The largest absolute Gasteiger partial charge is 0.247 e. The van der Waals surface area contributed by atoms with E-state index in [2.05, 4.69) is 164 Å². The van der Waals surface area contributed by atoms with Crippen molar-refractivity contribution < 1.29 is 0 Å². The molecular weight excluding hydrogens is 681 g/mol. The summed E-state index contributed by atoms with van der Waals surface area (Å²) in [6, 6.07) is 71.6. The van der Waals surface area contributed by atoms with Gasteiger partial charge in [-0.2, -0.15) is 0 Å². The van der Waals surface area contributed by atoms with E-state index in [0.717, 1.165) is 66.5 Å². The molecule has 8 aromatic carbocycles. The fourth-order valence-electron chi connectivity index (χ4n) is 7.57. The van der Waals surface area contributed by atoms with Crippen molar-refractivity contribution in [3.05, 3.63) is 206 Å². The molecule has 4 heteroatoms. The van der Waals surface area contributed by atoms with Gasteiger partial charge in [0.2, 0.25) is 0 Å². The van der Waals surface area contributed by atoms with Crippen LogP contribution >= 0.6 is 0 Å². The Hall–Kier alpha value is -7.56. The molecule has 4 nitrogen and oxygen atoms in total. The van der Waals surface area contributed by atoms with Crippen molar-refractivity contribution in [1.29, 1.82) is 0 Å². The highest BCUT2D eigenvalue weighted by atomic mass is 15.0. The Morgan fingerprint density at radius 2 is 0.696 bits per heavy atom. The zero-order chi connectivity index (χ0) is 37.3. The van der Waals surface area contributed by atoms with E-state index in [1.807, 2.05) is 42.5 Å². The molecule has 0 saturated carbocycles. The number of fused-ring (bicyclic) bond motifs is 3. The molecule has 0 spiro atoms. The van der Waals surface area contributed by atoms with Crippen LogP contribution in [0.4, 0.5) is 0 Å². The van der Waals surface area contributed by atoms with E-state index in [1.165, 1.54) is 16.5 Å². The van der Waals surface area contributed by atoms with Crippen molar-refractivity contribution >= 4 is 21.7 Å². The van der Waals surface area contributed by atoms with Crippen LogP contribution in [0.5, 0.6) is 0 Å². The monoisotopic (exact) mass is 714 g/mol. The van der Waals surface area contributed by atoms with Crippen molar-refractivity contribution in [2.24, 2.45) is 0 Å². The zero-order valence-corrected chi connectivity index (χ0v) is 30.4. The number of pyridine rings is 1. The van der Waals surface area contributed by atoms with Crippen LogP contribution in [-0.4, -0.2) is 19.9 Å². The molecule has 0 bridgehead atoms. The first-order valence-corrected chi connectivity index (χ1v) is 18.8. The van der Waals surface area contributed by atoms with Gasteiger partial charge in [0.05, 0.1) is 11.2 Å². The minimum absolute atomic E-state index is 0.615. The number of rotatable bonds is 7. The van der Waals surface area contributed by atoms with Crippen molar-refractivity contribution in [3.8, 4) is 78.8 Å². The molecule has 0 atom stereocenters. The summed E-state index contributed by atoms with van der Waals surface area (Å²) in [7, 11) is 0. The van der Waals surface area contributed by atoms with Crippen LogP contribution in [0.2, 0.25) is 0 Å². The lowest BCUT2D eigenvalue weighted by atomic mass is 9.92. The molecule has 2 aromatic heterocycles. The van der Waals surface area contributed by atoms with E-state index in [-0.39, 0.29) is 0 Å². The smallest absolute Gasteiger partial charge is 0.164 e. The van der Waals surface area contributed by atoms with Crippen LogP contribution < -0.4 is 0 Å². The third-order valence-electron chi connectivity index (χ3n) is 10.3. The molecule has 262 valence electrons. The topological polar surface area (TPSA) is 51.6 Å². The van der Waals surface area contributed by atoms with Gasteiger partial charge in [-0.3, -0.25) is 0 Å². The van der Waals surface area contributed by atoms with Gasteiger partial charge in [0.1, 0.15) is 0 Å². The summed E-state index contributed by atoms with van der Waals surface area (Å²) in [6.07, 6.45) is 0. The first-order valence-electron chi connectivity index (χ1n) is 18.8. The quantitative estimate of drug-likeness (QED) is 0.154. The predicted molar refractivity (Wildman–Crippen MR) is 231 cm³/mol. The van der Waals surface area contributed by atoms with Crippen molar-refractivity contribution in [2.75, 3.05) is 0 Å². The molecule has 0 fully saturated rings. The maximum Gasteiger partial charge on any atom is 0.164 e. The number of hydrogen-bond acceptors (Lipinski definition) is 4. The van der Waals surface area contributed by atoms with E-state index in [9.17, 15) is 0 Å². The Morgan fingerprint density at radius 1 is 0.250 bits per heavy atom. The van der Waals surface area contributed by atoms with E-state index >= 15 is 0 Å². The first kappa shape index (κ1) is 33.0. The van der Waals surface area contributed by atoms with Gasteiger partial charge in [0.25, 0.3) is 0 Å². The number of nitrogens with zero attached hydrogens (tertiary/aromatic N) is 4. The molecule has 2 heterocycles. The highest BCUT2D eigenvalue weighted by Crippen LogP contribution is 2.40. The minimum atomic E-state index is 0.615. The zero-order valence-electron chi connectivity index (χ0n) is 30.4. The SMILES string of the molecule is c1ccc(-c2cccc(-c3nc(-c4ccccc4)nc(-c4cccc(-c5ccc6c(c5)nc(-c5ccccc5)c5cccc(-c7ccccc7)c56)c4)n3)c2)cc1. The van der Waals surface area contributed by atoms with Gasteiger partial charge >= 0.3 is 0 Å².